The number of ether oxygens (including phenoxy) is 2. The summed E-state index contributed by atoms with van der Waals surface area (Å²) in [6, 6.07) is 6.88. The molecule has 0 heterocycles. The summed E-state index contributed by atoms with van der Waals surface area (Å²) in [6.07, 6.45) is 7.36. The molecule has 1 aromatic rings. The van der Waals surface area contributed by atoms with E-state index in [4.69, 9.17) is 20.4 Å². The van der Waals surface area contributed by atoms with Gasteiger partial charge in [-0.2, -0.15) is 0 Å². The van der Waals surface area contributed by atoms with Gasteiger partial charge >= 0.3 is 0 Å². The van der Waals surface area contributed by atoms with Crippen LogP contribution in [0.25, 0.3) is 5.70 Å². The molecule has 0 amide bonds. The smallest absolute Gasteiger partial charge is 0.251 e. The molecule has 1 unspecified atom stereocenters. The average molecular weight is 453 g/mol. The van der Waals surface area contributed by atoms with E-state index in [1.54, 1.807) is 43.5 Å². The lowest BCUT2D eigenvalue weighted by Gasteiger charge is -2.26. The number of halogens is 2. The van der Waals surface area contributed by atoms with E-state index in [0.29, 0.717) is 34.9 Å². The second kappa shape index (κ2) is 15.2. The van der Waals surface area contributed by atoms with Gasteiger partial charge in [0.15, 0.2) is 0 Å². The zero-order valence-corrected chi connectivity index (χ0v) is 20.1. The summed E-state index contributed by atoms with van der Waals surface area (Å²) in [7, 11) is 1.54. The van der Waals surface area contributed by atoms with Crippen molar-refractivity contribution >= 4 is 5.70 Å². The third-order valence-electron chi connectivity index (χ3n) is 4.47. The SMILES string of the molecule is C=C(CC=C/C(=C\C)N(N)/C(=C\C(C)C(C)(F)F)c1ccc(OCCO)cc1)OC.CC. The molecule has 0 aliphatic carbocycles. The van der Waals surface area contributed by atoms with Crippen molar-refractivity contribution in [2.45, 2.75) is 47.0 Å². The first-order chi connectivity index (χ1) is 15.1. The molecule has 7 heteroatoms. The monoisotopic (exact) mass is 452 g/mol. The number of hydrogen-bond donors (Lipinski definition) is 2. The van der Waals surface area contributed by atoms with E-state index in [1.165, 1.54) is 18.0 Å². The second-order valence-electron chi connectivity index (χ2n) is 6.83. The Morgan fingerprint density at radius 3 is 2.34 bits per heavy atom. The van der Waals surface area contributed by atoms with Gasteiger partial charge in [0.1, 0.15) is 12.4 Å². The lowest BCUT2D eigenvalue weighted by Crippen LogP contribution is -2.30. The predicted octanol–water partition coefficient (Wildman–Crippen LogP) is 5.90. The maximum Gasteiger partial charge on any atom is 0.251 e. The summed E-state index contributed by atoms with van der Waals surface area (Å²) in [5, 5.41) is 10.2. The predicted molar refractivity (Wildman–Crippen MR) is 128 cm³/mol. The Morgan fingerprint density at radius 1 is 1.28 bits per heavy atom. The van der Waals surface area contributed by atoms with Crippen molar-refractivity contribution in [2.75, 3.05) is 20.3 Å². The maximum absolute atomic E-state index is 13.9. The summed E-state index contributed by atoms with van der Waals surface area (Å²) in [5.41, 5.74) is 1.71. The van der Waals surface area contributed by atoms with Crippen LogP contribution in [0, 0.1) is 5.92 Å². The molecule has 0 aromatic heterocycles. The molecule has 0 aliphatic rings. The summed E-state index contributed by atoms with van der Waals surface area (Å²) < 4.78 is 38.1. The minimum atomic E-state index is -2.90. The first-order valence-electron chi connectivity index (χ1n) is 10.7. The fourth-order valence-electron chi connectivity index (χ4n) is 2.43. The van der Waals surface area contributed by atoms with Gasteiger partial charge < -0.3 is 14.6 Å². The first kappa shape index (κ1) is 29.4. The van der Waals surface area contributed by atoms with Gasteiger partial charge in [0.05, 0.1) is 30.9 Å². The molecule has 0 aliphatic heterocycles. The van der Waals surface area contributed by atoms with Crippen molar-refractivity contribution in [2.24, 2.45) is 11.8 Å². The quantitative estimate of drug-likeness (QED) is 0.179. The Bertz CT molecular complexity index is 766. The largest absolute Gasteiger partial charge is 0.501 e. The van der Waals surface area contributed by atoms with Crippen LogP contribution in [0.15, 0.2) is 66.6 Å². The minimum Gasteiger partial charge on any atom is -0.501 e. The topological polar surface area (TPSA) is 68.0 Å². The van der Waals surface area contributed by atoms with Gasteiger partial charge in [0.2, 0.25) is 0 Å². The third-order valence-corrected chi connectivity index (χ3v) is 4.47. The van der Waals surface area contributed by atoms with Crippen molar-refractivity contribution in [3.63, 3.8) is 0 Å². The number of aliphatic hydroxyl groups excluding tert-OH is 1. The summed E-state index contributed by atoms with van der Waals surface area (Å²) in [6.45, 7) is 12.0. The number of alkyl halides is 2. The van der Waals surface area contributed by atoms with Crippen LogP contribution in [0.2, 0.25) is 0 Å². The molecule has 1 aromatic carbocycles. The van der Waals surface area contributed by atoms with Gasteiger partial charge in [-0.25, -0.2) is 14.6 Å². The standard InChI is InChI=1S/C23H32F2N2O3.C2H6/c1-6-20(9-7-8-18(3)29-5)27(26)22(16-17(2)23(4,24)25)19-10-12-21(13-11-19)30-15-14-28;1-2/h6-7,9-13,16-17,28H,3,8,14-15,26H2,1-2,4-5H3;1-2H3/b9-7?,20-6+,22-16-;. The molecule has 180 valence electrons. The molecule has 0 spiro atoms. The van der Waals surface area contributed by atoms with Crippen molar-refractivity contribution in [1.29, 1.82) is 0 Å². The zero-order valence-electron chi connectivity index (χ0n) is 20.1. The third kappa shape index (κ3) is 10.1. The highest BCUT2D eigenvalue weighted by atomic mass is 19.3. The molecule has 0 radical (unpaired) electrons. The van der Waals surface area contributed by atoms with Crippen LogP contribution >= 0.6 is 0 Å². The normalized spacial score (nSPS) is 13.3. The molecule has 1 rings (SSSR count). The van der Waals surface area contributed by atoms with Gasteiger partial charge in [0, 0.05) is 12.3 Å². The molecule has 0 bridgehead atoms. The molecular formula is C25H38F2N2O3. The maximum atomic E-state index is 13.9. The molecule has 0 saturated carbocycles. The van der Waals surface area contributed by atoms with Crippen LogP contribution in [0.4, 0.5) is 8.78 Å². The number of nitrogens with zero attached hydrogens (tertiary/aromatic N) is 1. The summed E-state index contributed by atoms with van der Waals surface area (Å²) in [5.74, 6) is 3.56. The van der Waals surface area contributed by atoms with Crippen LogP contribution < -0.4 is 10.6 Å². The van der Waals surface area contributed by atoms with Gasteiger partial charge in [-0.15, -0.1) is 0 Å². The van der Waals surface area contributed by atoms with Crippen LogP contribution in [-0.2, 0) is 4.74 Å². The lowest BCUT2D eigenvalue weighted by atomic mass is 10.0. The van der Waals surface area contributed by atoms with Gasteiger partial charge in [-0.1, -0.05) is 39.5 Å². The molecule has 5 nitrogen and oxygen atoms in total. The van der Waals surface area contributed by atoms with Crippen LogP contribution in [0.3, 0.4) is 0 Å². The van der Waals surface area contributed by atoms with Gasteiger partial charge in [-0.05, 0) is 55.8 Å². The number of benzene rings is 1. The fraction of sp³-hybridized carbons (Fsp3) is 0.440. The Kier molecular flexibility index (Phi) is 14.0. The van der Waals surface area contributed by atoms with Crippen molar-refractivity contribution in [3.8, 4) is 5.75 Å². The summed E-state index contributed by atoms with van der Waals surface area (Å²) >= 11 is 0. The number of hydrogen-bond acceptors (Lipinski definition) is 5. The Hall–Kier alpha value is -2.64. The number of nitrogens with two attached hydrogens (primary N) is 1. The Balaban J connectivity index is 0.00000466. The van der Waals surface area contributed by atoms with Crippen LogP contribution in [-0.4, -0.2) is 36.4 Å². The van der Waals surface area contributed by atoms with Crippen molar-refractivity contribution < 1.29 is 23.4 Å². The highest BCUT2D eigenvalue weighted by molar-refractivity contribution is 5.66. The van der Waals surface area contributed by atoms with Crippen molar-refractivity contribution in [1.82, 2.24) is 5.01 Å². The molecule has 1 atom stereocenters. The lowest BCUT2D eigenvalue weighted by molar-refractivity contribution is -0.0142. The van der Waals surface area contributed by atoms with Crippen molar-refractivity contribution in [3.05, 3.63) is 72.2 Å². The zero-order chi connectivity index (χ0) is 24.7. The number of methoxy groups -OCH3 is 1. The molecular weight excluding hydrogens is 414 g/mol. The molecule has 3 N–H and O–H groups in total. The van der Waals surface area contributed by atoms with Gasteiger partial charge in [-0.3, -0.25) is 5.01 Å². The van der Waals surface area contributed by atoms with E-state index in [2.05, 4.69) is 6.58 Å². The number of aliphatic hydroxyl groups is 1. The number of hydrazine groups is 1. The number of allylic oxidation sites excluding steroid dienone is 4. The van der Waals surface area contributed by atoms with E-state index >= 15 is 0 Å². The van der Waals surface area contributed by atoms with Gasteiger partial charge in [0.25, 0.3) is 5.92 Å². The van der Waals surface area contributed by atoms with Crippen LogP contribution in [0.5, 0.6) is 5.75 Å². The number of rotatable bonds is 12. The molecule has 32 heavy (non-hydrogen) atoms. The highest BCUT2D eigenvalue weighted by Crippen LogP contribution is 2.30. The van der Waals surface area contributed by atoms with E-state index in [9.17, 15) is 8.78 Å². The van der Waals surface area contributed by atoms with E-state index in [0.717, 1.165) is 6.92 Å². The molecule has 0 fully saturated rings. The Morgan fingerprint density at radius 2 is 1.88 bits per heavy atom. The van der Waals surface area contributed by atoms with E-state index in [-0.39, 0.29) is 13.2 Å². The highest BCUT2D eigenvalue weighted by Gasteiger charge is 2.29. The Labute approximate surface area is 191 Å². The first-order valence-corrected chi connectivity index (χ1v) is 10.7. The van der Waals surface area contributed by atoms with E-state index < -0.39 is 11.8 Å². The summed E-state index contributed by atoms with van der Waals surface area (Å²) in [4.78, 5) is 0. The van der Waals surface area contributed by atoms with Crippen LogP contribution in [0.1, 0.15) is 46.6 Å². The minimum absolute atomic E-state index is 0.0982. The average Bonchev–Trinajstić information content (AvgIpc) is 2.79. The molecule has 0 saturated heterocycles. The fourth-order valence-corrected chi connectivity index (χ4v) is 2.43. The second-order valence-corrected chi connectivity index (χ2v) is 6.83. The van der Waals surface area contributed by atoms with E-state index in [1.807, 2.05) is 26.8 Å².